The van der Waals surface area contributed by atoms with E-state index in [1.807, 2.05) is 13.1 Å². The molecule has 1 aliphatic heterocycles. The van der Waals surface area contributed by atoms with E-state index in [0.717, 1.165) is 30.2 Å². The summed E-state index contributed by atoms with van der Waals surface area (Å²) in [4.78, 5) is 1.09. The van der Waals surface area contributed by atoms with Gasteiger partial charge in [0, 0.05) is 41.4 Å². The first kappa shape index (κ1) is 12.9. The SMILES string of the molecule is CCn1c2c(c3ccccc31)S(=O)CCC2CNC. The minimum absolute atomic E-state index is 0.477. The third-order valence-electron chi connectivity index (χ3n) is 4.00. The minimum atomic E-state index is -0.843. The van der Waals surface area contributed by atoms with Crippen molar-refractivity contribution in [2.45, 2.75) is 30.7 Å². The fourth-order valence-electron chi connectivity index (χ4n) is 3.21. The fourth-order valence-corrected chi connectivity index (χ4v) is 4.84. The lowest BCUT2D eigenvalue weighted by atomic mass is 10.0. The molecule has 2 atom stereocenters. The summed E-state index contributed by atoms with van der Waals surface area (Å²) in [5.41, 5.74) is 2.52. The minimum Gasteiger partial charge on any atom is -0.343 e. The summed E-state index contributed by atoms with van der Waals surface area (Å²) in [5.74, 6) is 1.27. The summed E-state index contributed by atoms with van der Waals surface area (Å²) in [5, 5.41) is 4.46. The molecule has 4 heteroatoms. The Morgan fingerprint density at radius 1 is 1.42 bits per heavy atom. The smallest absolute Gasteiger partial charge is 0.0679 e. The van der Waals surface area contributed by atoms with Crippen molar-refractivity contribution in [3.8, 4) is 0 Å². The first-order valence-corrected chi connectivity index (χ1v) is 8.24. The molecular formula is C15H20N2OS. The van der Waals surface area contributed by atoms with Gasteiger partial charge in [-0.1, -0.05) is 18.2 Å². The number of nitrogens with zero attached hydrogens (tertiary/aromatic N) is 1. The van der Waals surface area contributed by atoms with Crippen LogP contribution in [0, 0.1) is 0 Å². The third-order valence-corrected chi connectivity index (χ3v) is 5.49. The van der Waals surface area contributed by atoms with Crippen LogP contribution in [0.5, 0.6) is 0 Å². The normalized spacial score (nSPS) is 22.6. The second-order valence-corrected chi connectivity index (χ2v) is 6.58. The highest BCUT2D eigenvalue weighted by atomic mass is 32.2. The van der Waals surface area contributed by atoms with Crippen LogP contribution in [0.15, 0.2) is 29.2 Å². The number of rotatable bonds is 3. The monoisotopic (exact) mass is 276 g/mol. The second kappa shape index (κ2) is 5.10. The van der Waals surface area contributed by atoms with Crippen molar-refractivity contribution in [2.75, 3.05) is 19.3 Å². The maximum atomic E-state index is 12.5. The summed E-state index contributed by atoms with van der Waals surface area (Å²) in [6, 6.07) is 8.36. The molecule has 0 aliphatic carbocycles. The van der Waals surface area contributed by atoms with Crippen LogP contribution in [0.4, 0.5) is 0 Å². The van der Waals surface area contributed by atoms with Crippen molar-refractivity contribution in [1.82, 2.24) is 9.88 Å². The Morgan fingerprint density at radius 2 is 2.21 bits per heavy atom. The van der Waals surface area contributed by atoms with E-state index in [1.165, 1.54) is 16.6 Å². The topological polar surface area (TPSA) is 34.0 Å². The zero-order valence-corrected chi connectivity index (χ0v) is 12.3. The highest BCUT2D eigenvalue weighted by molar-refractivity contribution is 7.85. The average Bonchev–Trinajstić information content (AvgIpc) is 2.77. The molecule has 0 bridgehead atoms. The zero-order chi connectivity index (χ0) is 13.4. The van der Waals surface area contributed by atoms with E-state index in [4.69, 9.17) is 0 Å². The molecule has 2 aromatic rings. The molecule has 1 N–H and O–H groups in total. The van der Waals surface area contributed by atoms with Gasteiger partial charge in [-0.3, -0.25) is 4.21 Å². The van der Waals surface area contributed by atoms with Crippen molar-refractivity contribution >= 4 is 21.7 Å². The van der Waals surface area contributed by atoms with Crippen molar-refractivity contribution in [1.29, 1.82) is 0 Å². The van der Waals surface area contributed by atoms with Gasteiger partial charge in [0.05, 0.1) is 15.7 Å². The summed E-state index contributed by atoms with van der Waals surface area (Å²) in [7, 11) is 1.15. The van der Waals surface area contributed by atoms with Gasteiger partial charge in [0.15, 0.2) is 0 Å². The van der Waals surface area contributed by atoms with Crippen LogP contribution in [0.3, 0.4) is 0 Å². The van der Waals surface area contributed by atoms with Crippen molar-refractivity contribution in [3.63, 3.8) is 0 Å². The lowest BCUT2D eigenvalue weighted by molar-refractivity contribution is 0.545. The molecule has 0 spiro atoms. The maximum Gasteiger partial charge on any atom is 0.0679 e. The second-order valence-electron chi connectivity index (χ2n) is 5.07. The summed E-state index contributed by atoms with van der Waals surface area (Å²) in [6.07, 6.45) is 1.01. The van der Waals surface area contributed by atoms with E-state index in [2.05, 4.69) is 35.0 Å². The Morgan fingerprint density at radius 3 is 2.95 bits per heavy atom. The van der Waals surface area contributed by atoms with Gasteiger partial charge in [-0.25, -0.2) is 0 Å². The average molecular weight is 276 g/mol. The largest absolute Gasteiger partial charge is 0.343 e. The first-order chi connectivity index (χ1) is 9.27. The molecule has 2 unspecified atom stereocenters. The van der Waals surface area contributed by atoms with Gasteiger partial charge in [-0.2, -0.15) is 0 Å². The Bertz CT molecular complexity index is 632. The van der Waals surface area contributed by atoms with Gasteiger partial charge >= 0.3 is 0 Å². The van der Waals surface area contributed by atoms with Gasteiger partial charge in [0.1, 0.15) is 0 Å². The summed E-state index contributed by atoms with van der Waals surface area (Å²) in [6.45, 7) is 4.06. The molecule has 1 aliphatic rings. The van der Waals surface area contributed by atoms with Crippen LogP contribution >= 0.6 is 0 Å². The van der Waals surface area contributed by atoms with E-state index in [9.17, 15) is 4.21 Å². The summed E-state index contributed by atoms with van der Waals surface area (Å²) >= 11 is 0. The Hall–Kier alpha value is -1.13. The number of likely N-dealkylation sites (N-methyl/N-ethyl adjacent to an activating group) is 1. The number of benzene rings is 1. The third kappa shape index (κ3) is 1.94. The molecule has 1 aromatic carbocycles. The predicted molar refractivity (Wildman–Crippen MR) is 80.2 cm³/mol. The van der Waals surface area contributed by atoms with E-state index < -0.39 is 10.8 Å². The molecule has 0 amide bonds. The van der Waals surface area contributed by atoms with Crippen LogP contribution in [0.25, 0.3) is 10.9 Å². The molecule has 0 radical (unpaired) electrons. The zero-order valence-electron chi connectivity index (χ0n) is 11.5. The lowest BCUT2D eigenvalue weighted by Crippen LogP contribution is -2.26. The quantitative estimate of drug-likeness (QED) is 0.934. The van der Waals surface area contributed by atoms with E-state index >= 15 is 0 Å². The van der Waals surface area contributed by atoms with E-state index in [1.54, 1.807) is 0 Å². The number of nitrogens with one attached hydrogen (secondary N) is 1. The molecule has 2 heterocycles. The molecule has 3 nitrogen and oxygen atoms in total. The standard InChI is InChI=1S/C15H20N2OS/c1-3-17-13-7-5-4-6-12(13)15-14(17)11(10-16-2)8-9-19(15)18/h4-7,11,16H,3,8-10H2,1-2H3. The van der Waals surface area contributed by atoms with Gasteiger partial charge in [0.25, 0.3) is 0 Å². The van der Waals surface area contributed by atoms with E-state index in [-0.39, 0.29) is 0 Å². The Balaban J connectivity index is 2.31. The first-order valence-electron chi connectivity index (χ1n) is 6.92. The van der Waals surface area contributed by atoms with Crippen molar-refractivity contribution in [2.24, 2.45) is 0 Å². The summed E-state index contributed by atoms with van der Waals surface area (Å²) < 4.78 is 14.8. The van der Waals surface area contributed by atoms with Crippen LogP contribution in [-0.4, -0.2) is 28.1 Å². The number of hydrogen-bond donors (Lipinski definition) is 1. The van der Waals surface area contributed by atoms with Crippen molar-refractivity contribution in [3.05, 3.63) is 30.0 Å². The molecular weight excluding hydrogens is 256 g/mol. The molecule has 102 valence electrons. The maximum absolute atomic E-state index is 12.5. The van der Waals surface area contributed by atoms with Crippen molar-refractivity contribution < 1.29 is 4.21 Å². The predicted octanol–water partition coefficient (Wildman–Crippen LogP) is 2.48. The van der Waals surface area contributed by atoms with Gasteiger partial charge < -0.3 is 9.88 Å². The molecule has 1 aromatic heterocycles. The lowest BCUT2D eigenvalue weighted by Gasteiger charge is -2.24. The molecule has 3 rings (SSSR count). The van der Waals surface area contributed by atoms with E-state index in [0.29, 0.717) is 5.92 Å². The van der Waals surface area contributed by atoms with Crippen LogP contribution in [0.1, 0.15) is 25.0 Å². The molecule has 0 fully saturated rings. The number of para-hydroxylation sites is 1. The Kier molecular flexibility index (Phi) is 3.46. The fraction of sp³-hybridized carbons (Fsp3) is 0.467. The van der Waals surface area contributed by atoms with Crippen LogP contribution in [0.2, 0.25) is 0 Å². The number of aryl methyl sites for hydroxylation is 1. The van der Waals surface area contributed by atoms with Crippen LogP contribution in [-0.2, 0) is 17.3 Å². The van der Waals surface area contributed by atoms with Gasteiger partial charge in [0.2, 0.25) is 0 Å². The number of hydrogen-bond acceptors (Lipinski definition) is 2. The number of aromatic nitrogens is 1. The highest BCUT2D eigenvalue weighted by Gasteiger charge is 2.30. The highest BCUT2D eigenvalue weighted by Crippen LogP contribution is 2.38. The number of fused-ring (bicyclic) bond motifs is 3. The molecule has 0 saturated carbocycles. The van der Waals surface area contributed by atoms with Gasteiger partial charge in [-0.05, 0) is 26.5 Å². The Labute approximate surface area is 116 Å². The van der Waals surface area contributed by atoms with Gasteiger partial charge in [-0.15, -0.1) is 0 Å². The molecule has 19 heavy (non-hydrogen) atoms. The molecule has 0 saturated heterocycles. The van der Waals surface area contributed by atoms with Crippen LogP contribution < -0.4 is 5.32 Å².